The summed E-state index contributed by atoms with van der Waals surface area (Å²) in [6, 6.07) is 5.54. The molecular weight excluding hydrogens is 276 g/mol. The highest BCUT2D eigenvalue weighted by Crippen LogP contribution is 2.33. The number of carbonyl (C=O) groups is 1. The first kappa shape index (κ1) is 14.3. The molecule has 0 spiro atoms. The van der Waals surface area contributed by atoms with Gasteiger partial charge in [0.15, 0.2) is 5.76 Å². The molecule has 0 fully saturated rings. The number of benzene rings is 1. The lowest BCUT2D eigenvalue weighted by atomic mass is 9.88. The number of halogens is 1. The summed E-state index contributed by atoms with van der Waals surface area (Å²) >= 11 is 6.11. The van der Waals surface area contributed by atoms with Gasteiger partial charge in [-0.3, -0.25) is 0 Å². The quantitative estimate of drug-likeness (QED) is 0.812. The molecule has 0 unspecified atom stereocenters. The molecule has 0 bridgehead atoms. The number of hydrogen-bond acceptors (Lipinski definition) is 4. The van der Waals surface area contributed by atoms with Crippen molar-refractivity contribution in [3.05, 3.63) is 56.8 Å². The molecule has 1 radical (unpaired) electrons. The second-order valence-electron chi connectivity index (χ2n) is 4.54. The first-order chi connectivity index (χ1) is 9.49. The number of aldehydes is 1. The van der Waals surface area contributed by atoms with Crippen molar-refractivity contribution < 1.29 is 9.32 Å². The molecule has 0 saturated carbocycles. The van der Waals surface area contributed by atoms with E-state index < -0.39 is 0 Å². The van der Waals surface area contributed by atoms with Crippen molar-refractivity contribution in [2.75, 3.05) is 0 Å². The van der Waals surface area contributed by atoms with E-state index in [1.54, 1.807) is 19.1 Å². The molecule has 0 amide bonds. The Balaban J connectivity index is 2.62. The van der Waals surface area contributed by atoms with E-state index in [1.165, 1.54) is 0 Å². The van der Waals surface area contributed by atoms with E-state index in [-0.39, 0.29) is 5.76 Å². The van der Waals surface area contributed by atoms with E-state index in [4.69, 9.17) is 21.4 Å². The fourth-order valence-electron chi connectivity index (χ4n) is 2.20. The molecule has 2 rings (SSSR count). The van der Waals surface area contributed by atoms with Crippen LogP contribution < -0.4 is 0 Å². The summed E-state index contributed by atoms with van der Waals surface area (Å²) in [6.45, 7) is 5.38. The van der Waals surface area contributed by atoms with Gasteiger partial charge in [0.05, 0.1) is 17.3 Å². The number of aromatic nitrogens is 1. The van der Waals surface area contributed by atoms with Gasteiger partial charge in [-0.05, 0) is 49.6 Å². The molecule has 1 aromatic heterocycles. The summed E-state index contributed by atoms with van der Waals surface area (Å²) in [4.78, 5) is 11.5. The van der Waals surface area contributed by atoms with Crippen molar-refractivity contribution in [1.29, 1.82) is 5.26 Å². The monoisotopic (exact) mass is 287 g/mol. The summed E-state index contributed by atoms with van der Waals surface area (Å²) < 4.78 is 5.15. The molecule has 101 valence electrons. The SMILES string of the molecule is Cc1cc(C#N)cc(C)c1[C](C=O)c1onc(C)c1Cl. The Morgan fingerprint density at radius 1 is 1.35 bits per heavy atom. The van der Waals surface area contributed by atoms with Crippen LogP contribution in [0.15, 0.2) is 16.7 Å². The lowest BCUT2D eigenvalue weighted by molar-refractivity contribution is -0.105. The van der Waals surface area contributed by atoms with Gasteiger partial charge in [-0.25, -0.2) is 0 Å². The van der Waals surface area contributed by atoms with Gasteiger partial charge in [-0.2, -0.15) is 5.26 Å². The number of nitriles is 1. The Morgan fingerprint density at radius 3 is 2.35 bits per heavy atom. The van der Waals surface area contributed by atoms with Crippen molar-refractivity contribution in [1.82, 2.24) is 5.16 Å². The van der Waals surface area contributed by atoms with E-state index in [0.717, 1.165) is 16.7 Å². The Bertz CT molecular complexity index is 690. The molecule has 1 aromatic carbocycles. The smallest absolute Gasteiger partial charge is 0.175 e. The summed E-state index contributed by atoms with van der Waals surface area (Å²) in [7, 11) is 0. The van der Waals surface area contributed by atoms with Gasteiger partial charge < -0.3 is 9.32 Å². The third-order valence-electron chi connectivity index (χ3n) is 3.08. The van der Waals surface area contributed by atoms with Crippen LogP contribution >= 0.6 is 11.6 Å². The second kappa shape index (κ2) is 5.48. The van der Waals surface area contributed by atoms with Crippen LogP contribution in [0.4, 0.5) is 0 Å². The number of carbonyl (C=O) groups excluding carboxylic acids is 1. The molecule has 0 N–H and O–H groups in total. The third kappa shape index (κ3) is 2.33. The van der Waals surface area contributed by atoms with Crippen molar-refractivity contribution in [3.63, 3.8) is 0 Å². The van der Waals surface area contributed by atoms with Gasteiger partial charge in [0.1, 0.15) is 17.2 Å². The van der Waals surface area contributed by atoms with Crippen molar-refractivity contribution in [2.24, 2.45) is 0 Å². The maximum absolute atomic E-state index is 11.5. The fourth-order valence-corrected chi connectivity index (χ4v) is 2.38. The molecule has 0 atom stereocenters. The zero-order valence-corrected chi connectivity index (χ0v) is 12.1. The van der Waals surface area contributed by atoms with Gasteiger partial charge in [0, 0.05) is 0 Å². The average Bonchev–Trinajstić information content (AvgIpc) is 2.74. The molecule has 2 aromatic rings. The Labute approximate surface area is 122 Å². The molecule has 0 saturated heterocycles. The van der Waals surface area contributed by atoms with Crippen molar-refractivity contribution >= 4 is 17.9 Å². The van der Waals surface area contributed by atoms with Gasteiger partial charge in [-0.1, -0.05) is 16.8 Å². The number of hydrogen-bond donors (Lipinski definition) is 0. The highest BCUT2D eigenvalue weighted by atomic mass is 35.5. The largest absolute Gasteiger partial charge is 0.358 e. The first-order valence-corrected chi connectivity index (χ1v) is 6.33. The molecule has 4 nitrogen and oxygen atoms in total. The minimum absolute atomic E-state index is 0.259. The van der Waals surface area contributed by atoms with E-state index >= 15 is 0 Å². The zero-order valence-electron chi connectivity index (χ0n) is 11.3. The Morgan fingerprint density at radius 2 is 1.95 bits per heavy atom. The normalized spacial score (nSPS) is 10.6. The van der Waals surface area contributed by atoms with Gasteiger partial charge >= 0.3 is 0 Å². The van der Waals surface area contributed by atoms with Gasteiger partial charge in [0.2, 0.25) is 0 Å². The van der Waals surface area contributed by atoms with Crippen LogP contribution in [0.1, 0.15) is 33.7 Å². The van der Waals surface area contributed by atoms with Gasteiger partial charge in [-0.15, -0.1) is 0 Å². The van der Waals surface area contributed by atoms with Crippen LogP contribution in [0.5, 0.6) is 0 Å². The number of rotatable bonds is 3. The molecule has 20 heavy (non-hydrogen) atoms. The molecule has 1 heterocycles. The summed E-state index contributed by atoms with van der Waals surface area (Å²) in [5.74, 6) is 0.602. The Hall–Kier alpha value is -2.12. The highest BCUT2D eigenvalue weighted by Gasteiger charge is 2.27. The minimum atomic E-state index is 0.259. The highest BCUT2D eigenvalue weighted by molar-refractivity contribution is 6.32. The van der Waals surface area contributed by atoms with Crippen LogP contribution in [-0.2, 0) is 4.79 Å². The summed E-state index contributed by atoms with van der Waals surface area (Å²) in [6.07, 6.45) is 0.702. The van der Waals surface area contributed by atoms with Crippen molar-refractivity contribution in [2.45, 2.75) is 20.8 Å². The maximum atomic E-state index is 11.5. The van der Waals surface area contributed by atoms with E-state index in [9.17, 15) is 4.79 Å². The van der Waals surface area contributed by atoms with Crippen molar-refractivity contribution in [3.8, 4) is 6.07 Å². The second-order valence-corrected chi connectivity index (χ2v) is 4.92. The van der Waals surface area contributed by atoms with E-state index in [2.05, 4.69) is 11.2 Å². The fraction of sp³-hybridized carbons (Fsp3) is 0.200. The maximum Gasteiger partial charge on any atom is 0.175 e. The standard InChI is InChI=1S/C15H12ClN2O2/c1-8-4-11(6-17)5-9(2)13(8)12(7-19)15-14(16)10(3)18-20-15/h4-5,7H,1-3H3. The molecule has 0 aliphatic rings. The van der Waals surface area contributed by atoms with Gasteiger partial charge in [0.25, 0.3) is 0 Å². The lowest BCUT2D eigenvalue weighted by Crippen LogP contribution is -2.08. The number of nitrogens with zero attached hydrogens (tertiary/aromatic N) is 2. The molecule has 5 heteroatoms. The van der Waals surface area contributed by atoms with Crippen LogP contribution in [0, 0.1) is 38.0 Å². The summed E-state index contributed by atoms with van der Waals surface area (Å²) in [5.41, 5.74) is 3.43. The lowest BCUT2D eigenvalue weighted by Gasteiger charge is -2.14. The first-order valence-electron chi connectivity index (χ1n) is 5.95. The molecule has 0 aliphatic heterocycles. The Kier molecular flexibility index (Phi) is 3.91. The van der Waals surface area contributed by atoms with Crippen LogP contribution in [-0.4, -0.2) is 11.4 Å². The van der Waals surface area contributed by atoms with Crippen LogP contribution in [0.25, 0.3) is 0 Å². The summed E-state index contributed by atoms with van der Waals surface area (Å²) in [5, 5.41) is 13.1. The van der Waals surface area contributed by atoms with E-state index in [0.29, 0.717) is 28.5 Å². The van der Waals surface area contributed by atoms with Crippen LogP contribution in [0.2, 0.25) is 5.02 Å². The predicted octanol–water partition coefficient (Wildman–Crippen LogP) is 3.29. The zero-order chi connectivity index (χ0) is 14.9. The molecular formula is C15H12ClN2O2. The third-order valence-corrected chi connectivity index (χ3v) is 3.53. The van der Waals surface area contributed by atoms with Crippen LogP contribution in [0.3, 0.4) is 0 Å². The number of aryl methyl sites for hydroxylation is 3. The predicted molar refractivity (Wildman–Crippen MR) is 74.4 cm³/mol. The minimum Gasteiger partial charge on any atom is -0.358 e. The topological polar surface area (TPSA) is 66.9 Å². The average molecular weight is 288 g/mol. The van der Waals surface area contributed by atoms with E-state index in [1.807, 2.05) is 13.8 Å². The molecule has 0 aliphatic carbocycles.